The van der Waals surface area contributed by atoms with Gasteiger partial charge in [-0.1, -0.05) is 35.7 Å². The number of benzene rings is 1. The Labute approximate surface area is 118 Å². The van der Waals surface area contributed by atoms with Gasteiger partial charge in [-0.3, -0.25) is 4.79 Å². The molecule has 2 nitrogen and oxygen atoms in total. The van der Waals surface area contributed by atoms with Crippen molar-refractivity contribution in [3.05, 3.63) is 33.8 Å². The van der Waals surface area contributed by atoms with E-state index in [-0.39, 0.29) is 17.9 Å². The van der Waals surface area contributed by atoms with Crippen molar-refractivity contribution in [1.29, 1.82) is 0 Å². The zero-order valence-electron chi connectivity index (χ0n) is 10.6. The number of hydrogen-bond donors (Lipinski definition) is 0. The molecule has 18 heavy (non-hydrogen) atoms. The van der Waals surface area contributed by atoms with Gasteiger partial charge in [0.05, 0.1) is 6.04 Å². The molecule has 0 aliphatic heterocycles. The summed E-state index contributed by atoms with van der Waals surface area (Å²) < 4.78 is 0. The van der Waals surface area contributed by atoms with Gasteiger partial charge in [0.25, 0.3) is 0 Å². The number of nitrogens with zero attached hydrogens (tertiary/aromatic N) is 1. The summed E-state index contributed by atoms with van der Waals surface area (Å²) in [6.07, 6.45) is 3.20. The summed E-state index contributed by atoms with van der Waals surface area (Å²) in [4.78, 5) is 14.0. The van der Waals surface area contributed by atoms with Gasteiger partial charge >= 0.3 is 0 Å². The summed E-state index contributed by atoms with van der Waals surface area (Å²) in [7, 11) is 1.84. The van der Waals surface area contributed by atoms with Crippen LogP contribution < -0.4 is 0 Å². The van der Waals surface area contributed by atoms with Crippen LogP contribution in [0.1, 0.15) is 37.8 Å². The highest BCUT2D eigenvalue weighted by Crippen LogP contribution is 2.33. The Morgan fingerprint density at radius 1 is 1.39 bits per heavy atom. The molecule has 0 N–H and O–H groups in total. The van der Waals surface area contributed by atoms with E-state index < -0.39 is 0 Å². The Balaban J connectivity index is 2.14. The number of carbonyl (C=O) groups excluding carboxylic acids is 1. The molecule has 1 atom stereocenters. The summed E-state index contributed by atoms with van der Waals surface area (Å²) in [6.45, 7) is 1.99. The molecular weight excluding hydrogens is 269 g/mol. The van der Waals surface area contributed by atoms with Crippen LogP contribution in [0.5, 0.6) is 0 Å². The van der Waals surface area contributed by atoms with Gasteiger partial charge in [-0.2, -0.15) is 0 Å². The molecule has 1 fully saturated rings. The van der Waals surface area contributed by atoms with Crippen LogP contribution in [0.4, 0.5) is 0 Å². The average molecular weight is 286 g/mol. The lowest BCUT2D eigenvalue weighted by molar-refractivity contribution is -0.138. The average Bonchev–Trinajstić information content (AvgIpc) is 2.24. The second kappa shape index (κ2) is 5.50. The second-order valence-electron chi connectivity index (χ2n) is 4.92. The molecule has 1 aliphatic carbocycles. The number of carbonyl (C=O) groups is 1. The highest BCUT2D eigenvalue weighted by molar-refractivity contribution is 6.35. The molecule has 0 radical (unpaired) electrons. The third-order valence-electron chi connectivity index (χ3n) is 3.80. The minimum atomic E-state index is -0.0251. The van der Waals surface area contributed by atoms with Gasteiger partial charge in [0, 0.05) is 23.0 Å². The molecule has 2 rings (SSSR count). The van der Waals surface area contributed by atoms with Gasteiger partial charge in [-0.05, 0) is 37.5 Å². The van der Waals surface area contributed by atoms with E-state index in [2.05, 4.69) is 0 Å². The monoisotopic (exact) mass is 285 g/mol. The van der Waals surface area contributed by atoms with Crippen molar-refractivity contribution in [3.8, 4) is 0 Å². The maximum atomic E-state index is 12.2. The zero-order valence-corrected chi connectivity index (χ0v) is 12.1. The highest BCUT2D eigenvalue weighted by atomic mass is 35.5. The van der Waals surface area contributed by atoms with E-state index in [1.165, 1.54) is 6.42 Å². The van der Waals surface area contributed by atoms with E-state index in [0.717, 1.165) is 18.4 Å². The largest absolute Gasteiger partial charge is 0.339 e. The molecule has 0 spiro atoms. The van der Waals surface area contributed by atoms with Crippen LogP contribution in [0.15, 0.2) is 18.2 Å². The summed E-state index contributed by atoms with van der Waals surface area (Å²) in [6, 6.07) is 5.39. The number of halogens is 2. The first kappa shape index (κ1) is 13.7. The third-order valence-corrected chi connectivity index (χ3v) is 4.36. The van der Waals surface area contributed by atoms with Crippen LogP contribution in [0.2, 0.25) is 10.0 Å². The Morgan fingerprint density at radius 3 is 2.56 bits per heavy atom. The van der Waals surface area contributed by atoms with E-state index in [4.69, 9.17) is 23.2 Å². The second-order valence-corrected chi connectivity index (χ2v) is 5.76. The van der Waals surface area contributed by atoms with Gasteiger partial charge in [0.1, 0.15) is 0 Å². The van der Waals surface area contributed by atoms with Gasteiger partial charge in [-0.15, -0.1) is 0 Å². The predicted molar refractivity (Wildman–Crippen MR) is 75.0 cm³/mol. The van der Waals surface area contributed by atoms with Gasteiger partial charge in [-0.25, -0.2) is 0 Å². The number of hydrogen-bond acceptors (Lipinski definition) is 1. The van der Waals surface area contributed by atoms with E-state index >= 15 is 0 Å². The summed E-state index contributed by atoms with van der Waals surface area (Å²) in [5.41, 5.74) is 0.941. The van der Waals surface area contributed by atoms with Gasteiger partial charge in [0.15, 0.2) is 0 Å². The number of rotatable bonds is 3. The summed E-state index contributed by atoms with van der Waals surface area (Å²) in [5.74, 6) is 0.434. The lowest BCUT2D eigenvalue weighted by Crippen LogP contribution is -2.37. The van der Waals surface area contributed by atoms with E-state index in [1.54, 1.807) is 17.0 Å². The lowest BCUT2D eigenvalue weighted by atomic mass is 9.84. The first-order valence-corrected chi connectivity index (χ1v) is 6.98. The molecular formula is C14H17Cl2NO. The van der Waals surface area contributed by atoms with Crippen LogP contribution in [0.25, 0.3) is 0 Å². The normalized spacial score (nSPS) is 17.1. The van der Waals surface area contributed by atoms with Crippen molar-refractivity contribution in [2.45, 2.75) is 32.2 Å². The van der Waals surface area contributed by atoms with Crippen LogP contribution in [-0.4, -0.2) is 17.9 Å². The molecule has 1 aliphatic rings. The van der Waals surface area contributed by atoms with Crippen molar-refractivity contribution in [3.63, 3.8) is 0 Å². The molecule has 4 heteroatoms. The minimum absolute atomic E-state index is 0.0251. The third kappa shape index (κ3) is 2.65. The highest BCUT2D eigenvalue weighted by Gasteiger charge is 2.30. The maximum absolute atomic E-state index is 12.2. The fourth-order valence-electron chi connectivity index (χ4n) is 2.18. The zero-order chi connectivity index (χ0) is 13.3. The topological polar surface area (TPSA) is 20.3 Å². The van der Waals surface area contributed by atoms with Crippen LogP contribution in [0.3, 0.4) is 0 Å². The smallest absolute Gasteiger partial charge is 0.225 e. The van der Waals surface area contributed by atoms with Gasteiger partial charge < -0.3 is 4.90 Å². The van der Waals surface area contributed by atoms with E-state index in [1.807, 2.05) is 20.0 Å². The van der Waals surface area contributed by atoms with Crippen molar-refractivity contribution < 1.29 is 4.79 Å². The Bertz CT molecular complexity index is 457. The molecule has 1 aromatic carbocycles. The molecule has 0 unspecified atom stereocenters. The van der Waals surface area contributed by atoms with E-state index in [0.29, 0.717) is 10.0 Å². The Morgan fingerprint density at radius 2 is 2.06 bits per heavy atom. The summed E-state index contributed by atoms with van der Waals surface area (Å²) >= 11 is 12.1. The van der Waals surface area contributed by atoms with Crippen LogP contribution in [-0.2, 0) is 4.79 Å². The van der Waals surface area contributed by atoms with Crippen molar-refractivity contribution in [1.82, 2.24) is 4.90 Å². The maximum Gasteiger partial charge on any atom is 0.225 e. The standard InChI is InChI=1S/C14H17Cl2NO/c1-9(12-7-6-11(15)8-13(12)16)17(2)14(18)10-4-3-5-10/h6-10H,3-5H2,1-2H3/t9-/m1/s1. The van der Waals surface area contributed by atoms with Crippen molar-refractivity contribution in [2.75, 3.05) is 7.05 Å². The van der Waals surface area contributed by atoms with Crippen LogP contribution in [0, 0.1) is 5.92 Å². The minimum Gasteiger partial charge on any atom is -0.339 e. The molecule has 0 saturated heterocycles. The fourth-order valence-corrected chi connectivity index (χ4v) is 2.75. The lowest BCUT2D eigenvalue weighted by Gasteiger charge is -2.33. The van der Waals surface area contributed by atoms with Gasteiger partial charge in [0.2, 0.25) is 5.91 Å². The molecule has 0 bridgehead atoms. The van der Waals surface area contributed by atoms with E-state index in [9.17, 15) is 4.79 Å². The number of amides is 1. The molecule has 1 amide bonds. The van der Waals surface area contributed by atoms with Crippen molar-refractivity contribution >= 4 is 29.1 Å². The summed E-state index contributed by atoms with van der Waals surface area (Å²) in [5, 5.41) is 1.23. The quantitative estimate of drug-likeness (QED) is 0.810. The molecule has 98 valence electrons. The first-order valence-electron chi connectivity index (χ1n) is 6.22. The van der Waals surface area contributed by atoms with Crippen LogP contribution >= 0.6 is 23.2 Å². The molecule has 1 aromatic rings. The first-order chi connectivity index (χ1) is 8.50. The fraction of sp³-hybridized carbons (Fsp3) is 0.500. The Hall–Kier alpha value is -0.730. The molecule has 0 aromatic heterocycles. The SMILES string of the molecule is C[C@H](c1ccc(Cl)cc1Cl)N(C)C(=O)C1CCC1. The predicted octanol–water partition coefficient (Wildman–Crippen LogP) is 4.31. The molecule has 0 heterocycles. The van der Waals surface area contributed by atoms with Crippen molar-refractivity contribution in [2.24, 2.45) is 5.92 Å². The Kier molecular flexibility index (Phi) is 4.18. The molecule has 1 saturated carbocycles.